The van der Waals surface area contributed by atoms with Crippen molar-refractivity contribution in [3.05, 3.63) is 75.8 Å². The highest BCUT2D eigenvalue weighted by Gasteiger charge is 2.46. The maximum Gasteiger partial charge on any atom is 0.262 e. The molecule has 1 aromatic heterocycles. The van der Waals surface area contributed by atoms with Gasteiger partial charge in [0.15, 0.2) is 17.3 Å². The van der Waals surface area contributed by atoms with Crippen LogP contribution in [0.5, 0.6) is 11.5 Å². The maximum atomic E-state index is 14.9. The number of carbonyl (C=O) groups excluding carboxylic acids is 4. The van der Waals surface area contributed by atoms with Gasteiger partial charge >= 0.3 is 0 Å². The summed E-state index contributed by atoms with van der Waals surface area (Å²) < 4.78 is 27.2. The second kappa shape index (κ2) is 15.0. The molecule has 3 atom stereocenters. The molecule has 296 valence electrons. The number of piperidine rings is 1. The van der Waals surface area contributed by atoms with Crippen molar-refractivity contribution in [2.24, 2.45) is 5.92 Å². The Morgan fingerprint density at radius 2 is 1.63 bits per heavy atom. The molecule has 4 amide bonds. The van der Waals surface area contributed by atoms with E-state index in [4.69, 9.17) is 32.7 Å². The number of anilines is 3. The highest BCUT2D eigenvalue weighted by molar-refractivity contribution is 6.42. The number of amides is 4. The predicted octanol–water partition coefficient (Wildman–Crippen LogP) is 6.52. The lowest BCUT2D eigenvalue weighted by molar-refractivity contribution is -0.136. The topological polar surface area (TPSA) is 146 Å². The molecule has 2 N–H and O–H groups in total. The monoisotopic (exact) mass is 815 g/mol. The first-order chi connectivity index (χ1) is 27.6. The third-order valence-electron chi connectivity index (χ3n) is 12.1. The average molecular weight is 817 g/mol. The minimum absolute atomic E-state index is 0.00510. The number of methoxy groups -OCH3 is 1. The molecule has 5 heterocycles. The van der Waals surface area contributed by atoms with E-state index in [0.29, 0.717) is 45.3 Å². The second-order valence-electron chi connectivity index (χ2n) is 15.5. The number of benzene rings is 3. The Morgan fingerprint density at radius 3 is 2.37 bits per heavy atom. The van der Waals surface area contributed by atoms with Crippen molar-refractivity contribution in [3.63, 3.8) is 0 Å². The molecule has 13 nitrogen and oxygen atoms in total. The highest BCUT2D eigenvalue weighted by atomic mass is 35.5. The maximum absolute atomic E-state index is 14.9. The van der Waals surface area contributed by atoms with E-state index in [9.17, 15) is 23.6 Å². The first kappa shape index (κ1) is 37.5. The van der Waals surface area contributed by atoms with Crippen molar-refractivity contribution in [1.29, 1.82) is 0 Å². The van der Waals surface area contributed by atoms with Gasteiger partial charge in [-0.2, -0.15) is 0 Å². The van der Waals surface area contributed by atoms with Gasteiger partial charge in [-0.25, -0.2) is 14.4 Å². The number of nitrogens with one attached hydrogen (secondary N) is 2. The van der Waals surface area contributed by atoms with Crippen molar-refractivity contribution >= 4 is 74.9 Å². The third kappa shape index (κ3) is 6.91. The molecule has 5 aliphatic rings. The summed E-state index contributed by atoms with van der Waals surface area (Å²) in [5.74, 6) is -0.623. The van der Waals surface area contributed by atoms with Gasteiger partial charge in [0.2, 0.25) is 11.8 Å². The van der Waals surface area contributed by atoms with Crippen molar-refractivity contribution in [3.8, 4) is 11.5 Å². The zero-order valence-electron chi connectivity index (χ0n) is 31.1. The molecule has 9 rings (SSSR count). The number of piperazine rings is 1. The Balaban J connectivity index is 0.821. The summed E-state index contributed by atoms with van der Waals surface area (Å²) in [5, 5.41) is 5.86. The van der Waals surface area contributed by atoms with Crippen LogP contribution in [0.1, 0.15) is 72.1 Å². The Morgan fingerprint density at radius 1 is 0.877 bits per heavy atom. The minimum atomic E-state index is -0.984. The summed E-state index contributed by atoms with van der Waals surface area (Å²) >= 11 is 12.0. The Kier molecular flexibility index (Phi) is 9.90. The van der Waals surface area contributed by atoms with Crippen LogP contribution in [0.4, 0.5) is 21.6 Å². The van der Waals surface area contributed by atoms with Gasteiger partial charge in [0.1, 0.15) is 18.2 Å². The Bertz CT molecular complexity index is 2310. The van der Waals surface area contributed by atoms with Gasteiger partial charge in [0.05, 0.1) is 45.6 Å². The van der Waals surface area contributed by atoms with Crippen LogP contribution >= 0.6 is 23.2 Å². The van der Waals surface area contributed by atoms with Gasteiger partial charge < -0.3 is 19.7 Å². The van der Waals surface area contributed by atoms with Crippen LogP contribution in [0.3, 0.4) is 0 Å². The van der Waals surface area contributed by atoms with Gasteiger partial charge in [-0.05, 0) is 87.3 Å². The molecule has 57 heavy (non-hydrogen) atoms. The molecular formula is C41H40Cl2FN7O6. The fourth-order valence-corrected chi connectivity index (χ4v) is 9.63. The molecular weight excluding hydrogens is 776 g/mol. The molecule has 0 radical (unpaired) electrons. The van der Waals surface area contributed by atoms with Crippen LogP contribution in [-0.4, -0.2) is 94.4 Å². The highest BCUT2D eigenvalue weighted by Crippen LogP contribution is 2.41. The van der Waals surface area contributed by atoms with Crippen molar-refractivity contribution in [2.75, 3.05) is 37.0 Å². The number of halogens is 3. The molecule has 4 aromatic rings. The quantitative estimate of drug-likeness (QED) is 0.141. The lowest BCUT2D eigenvalue weighted by Gasteiger charge is -2.44. The van der Waals surface area contributed by atoms with Gasteiger partial charge in [0.25, 0.3) is 11.8 Å². The number of ether oxygens (including phenoxy) is 2. The summed E-state index contributed by atoms with van der Waals surface area (Å²) in [6, 6.07) is 11.7. The van der Waals surface area contributed by atoms with Gasteiger partial charge in [-0.3, -0.25) is 34.3 Å². The van der Waals surface area contributed by atoms with Crippen LogP contribution in [0.15, 0.2) is 48.8 Å². The molecule has 3 saturated heterocycles. The zero-order chi connectivity index (χ0) is 39.5. The van der Waals surface area contributed by atoms with Gasteiger partial charge in [0, 0.05) is 55.3 Å². The van der Waals surface area contributed by atoms with Crippen molar-refractivity contribution < 1.29 is 33.0 Å². The molecule has 1 aliphatic carbocycles. The second-order valence-corrected chi connectivity index (χ2v) is 16.3. The number of rotatable bonds is 9. The van der Waals surface area contributed by atoms with E-state index < -0.39 is 35.5 Å². The smallest absolute Gasteiger partial charge is 0.262 e. The average Bonchev–Trinajstić information content (AvgIpc) is 3.62. The van der Waals surface area contributed by atoms with E-state index in [1.807, 2.05) is 18.2 Å². The fourth-order valence-electron chi connectivity index (χ4n) is 9.32. The predicted molar refractivity (Wildman–Crippen MR) is 211 cm³/mol. The zero-order valence-corrected chi connectivity index (χ0v) is 32.6. The first-order valence-corrected chi connectivity index (χ1v) is 20.1. The molecule has 3 aromatic carbocycles. The van der Waals surface area contributed by atoms with E-state index in [1.54, 1.807) is 19.2 Å². The number of likely N-dealkylation sites (tertiary alicyclic amines) is 1. The van der Waals surface area contributed by atoms with Crippen molar-refractivity contribution in [1.82, 2.24) is 25.1 Å². The van der Waals surface area contributed by atoms with Crippen LogP contribution in [-0.2, 0) is 9.59 Å². The Hall–Kier alpha value is -5.05. The summed E-state index contributed by atoms with van der Waals surface area (Å²) in [6.07, 6.45) is 7.52. The molecule has 0 spiro atoms. The summed E-state index contributed by atoms with van der Waals surface area (Å²) in [6.45, 7) is 2.83. The van der Waals surface area contributed by atoms with Crippen LogP contribution in [0, 0.1) is 11.7 Å². The number of carbonyl (C=O) groups is 4. The number of hydrogen-bond donors (Lipinski definition) is 2. The standard InChI is InChI=1S/C41H40Cl2FN7O6/c1-56-33-16-31-28(38(46-20-45-31)47-30-11-10-29(42)36(43)37(30)44)15-34(33)57-25-7-2-21(3-8-25)17-49-18-23-4-5-24(19-49)50(23)22-6-9-26-27(14-22)41(55)51(40(26)54)32-12-13-35(52)48-39(32)53/h6,9-11,14-16,20-21,23-25,32H,2-5,7-8,12-13,17-19H2,1H3,(H,45,46,47)(H,48,52,53). The molecule has 4 fully saturated rings. The fraction of sp³-hybridized carbons (Fsp3) is 0.415. The van der Waals surface area contributed by atoms with Gasteiger partial charge in [-0.15, -0.1) is 0 Å². The Labute approximate surface area is 337 Å². The van der Waals surface area contributed by atoms with E-state index in [-0.39, 0.29) is 46.8 Å². The lowest BCUT2D eigenvalue weighted by atomic mass is 9.86. The summed E-state index contributed by atoms with van der Waals surface area (Å²) in [5.41, 5.74) is 2.27. The molecule has 2 bridgehead atoms. The van der Waals surface area contributed by atoms with Crippen LogP contribution < -0.4 is 25.0 Å². The molecule has 3 unspecified atom stereocenters. The first-order valence-electron chi connectivity index (χ1n) is 19.3. The summed E-state index contributed by atoms with van der Waals surface area (Å²) in [4.78, 5) is 65.7. The number of aromatic nitrogens is 2. The SMILES string of the molecule is COc1cc2ncnc(Nc3ccc(Cl)c(Cl)c3F)c2cc1OC1CCC(CN2CC3CCC(C2)N3c2ccc3c(c2)C(=O)N(C2CCC(=O)NC2=O)C3=O)CC1. The number of nitrogens with zero attached hydrogens (tertiary/aromatic N) is 5. The van der Waals surface area contributed by atoms with E-state index in [0.717, 1.165) is 68.7 Å². The largest absolute Gasteiger partial charge is 0.493 e. The van der Waals surface area contributed by atoms with E-state index in [1.165, 1.54) is 18.5 Å². The van der Waals surface area contributed by atoms with E-state index in [2.05, 4.69) is 30.4 Å². The molecule has 16 heteroatoms. The van der Waals surface area contributed by atoms with E-state index >= 15 is 0 Å². The third-order valence-corrected chi connectivity index (χ3v) is 12.9. The minimum Gasteiger partial charge on any atom is -0.493 e. The number of hydrogen-bond acceptors (Lipinski definition) is 11. The lowest BCUT2D eigenvalue weighted by Crippen LogP contribution is -2.55. The normalized spacial score (nSPS) is 24.9. The van der Waals surface area contributed by atoms with Gasteiger partial charge in [-0.1, -0.05) is 23.2 Å². The molecule has 4 aliphatic heterocycles. The van der Waals surface area contributed by atoms with Crippen LogP contribution in [0.25, 0.3) is 10.9 Å². The van der Waals surface area contributed by atoms with Crippen LogP contribution in [0.2, 0.25) is 10.0 Å². The van der Waals surface area contributed by atoms with Crippen molar-refractivity contribution in [2.45, 2.75) is 75.6 Å². The summed E-state index contributed by atoms with van der Waals surface area (Å²) in [7, 11) is 1.59. The molecule has 1 saturated carbocycles. The number of imide groups is 2. The number of fused-ring (bicyclic) bond motifs is 4.